The predicted octanol–water partition coefficient (Wildman–Crippen LogP) is 9.02. The number of esters is 1. The van der Waals surface area contributed by atoms with Crippen molar-refractivity contribution in [1.29, 1.82) is 0 Å². The molecule has 0 amide bonds. The molecule has 1 unspecified atom stereocenters. The Morgan fingerprint density at radius 3 is 2.29 bits per heavy atom. The normalized spacial score (nSPS) is 42.6. The number of aliphatic hydroxyl groups is 1. The Morgan fingerprint density at radius 1 is 0.895 bits per heavy atom. The van der Waals surface area contributed by atoms with Crippen LogP contribution in [0.5, 0.6) is 0 Å². The molecule has 8 atom stereocenters. The van der Waals surface area contributed by atoms with E-state index < -0.39 is 0 Å². The van der Waals surface area contributed by atoms with Crippen molar-refractivity contribution in [2.45, 2.75) is 157 Å². The first kappa shape index (κ1) is 28.7. The van der Waals surface area contributed by atoms with Crippen molar-refractivity contribution >= 4 is 5.97 Å². The topological polar surface area (TPSA) is 46.5 Å². The molecule has 0 radical (unpaired) electrons. The molecule has 5 rings (SSSR count). The standard InChI is InChI=1S/C35H58O3/c1-23(13-15-29(37)25-11-9-8-10-12-25)26-17-21-35(7)28-14-16-30-32(3,4)31(38-24(2)36)19-20-33(30,5)27(28)18-22-34(26,35)6/h23,25-26,29-31,37H,8-22H2,1-7H3/t23-,26-,29?,30+,31+,33-,34-,35+/m1/s1. The van der Waals surface area contributed by atoms with Gasteiger partial charge in [0.25, 0.3) is 0 Å². The third kappa shape index (κ3) is 4.44. The monoisotopic (exact) mass is 526 g/mol. The minimum atomic E-state index is -0.124. The van der Waals surface area contributed by atoms with Gasteiger partial charge in [-0.3, -0.25) is 4.79 Å². The van der Waals surface area contributed by atoms with E-state index >= 15 is 0 Å². The molecule has 0 aliphatic heterocycles. The number of ether oxygens (including phenoxy) is 1. The molecule has 0 saturated heterocycles. The molecular formula is C35H58O3. The van der Waals surface area contributed by atoms with Gasteiger partial charge in [-0.1, -0.05) is 72.0 Å². The number of carbonyl (C=O) groups is 1. The van der Waals surface area contributed by atoms with Crippen molar-refractivity contribution in [3.8, 4) is 0 Å². The van der Waals surface area contributed by atoms with Gasteiger partial charge in [0.05, 0.1) is 6.10 Å². The lowest BCUT2D eigenvalue weighted by Gasteiger charge is -2.62. The Balaban J connectivity index is 1.34. The number of fused-ring (bicyclic) bond motifs is 4. The second-order valence-electron chi connectivity index (χ2n) is 15.8. The van der Waals surface area contributed by atoms with Crippen molar-refractivity contribution < 1.29 is 14.6 Å². The Labute approximate surface area is 233 Å². The van der Waals surface area contributed by atoms with E-state index in [1.807, 2.05) is 11.1 Å². The maximum absolute atomic E-state index is 11.9. The summed E-state index contributed by atoms with van der Waals surface area (Å²) >= 11 is 0. The number of allylic oxidation sites excluding steroid dienone is 2. The van der Waals surface area contributed by atoms with Gasteiger partial charge in [-0.05, 0) is 117 Å². The summed E-state index contributed by atoms with van der Waals surface area (Å²) in [5.41, 5.74) is 4.59. The van der Waals surface area contributed by atoms with Crippen LogP contribution in [0, 0.1) is 45.3 Å². The number of hydrogen-bond donors (Lipinski definition) is 1. The van der Waals surface area contributed by atoms with Crippen LogP contribution >= 0.6 is 0 Å². The summed E-state index contributed by atoms with van der Waals surface area (Å²) in [7, 11) is 0. The third-order valence-electron chi connectivity index (χ3n) is 13.9. The molecule has 5 aliphatic carbocycles. The van der Waals surface area contributed by atoms with Crippen LogP contribution in [-0.2, 0) is 9.53 Å². The van der Waals surface area contributed by atoms with Crippen LogP contribution in [-0.4, -0.2) is 23.3 Å². The highest BCUT2D eigenvalue weighted by Gasteiger charge is 2.63. The van der Waals surface area contributed by atoms with E-state index in [9.17, 15) is 9.90 Å². The molecule has 0 spiro atoms. The van der Waals surface area contributed by atoms with Crippen LogP contribution in [0.4, 0.5) is 0 Å². The second-order valence-corrected chi connectivity index (χ2v) is 15.8. The second kappa shape index (κ2) is 10.2. The van der Waals surface area contributed by atoms with Crippen LogP contribution in [0.3, 0.4) is 0 Å². The van der Waals surface area contributed by atoms with E-state index in [1.165, 1.54) is 77.0 Å². The minimum Gasteiger partial charge on any atom is -0.462 e. The molecule has 0 aromatic rings. The van der Waals surface area contributed by atoms with Crippen LogP contribution in [0.25, 0.3) is 0 Å². The van der Waals surface area contributed by atoms with Crippen molar-refractivity contribution in [3.05, 3.63) is 11.1 Å². The van der Waals surface area contributed by atoms with Crippen molar-refractivity contribution in [1.82, 2.24) is 0 Å². The van der Waals surface area contributed by atoms with Crippen molar-refractivity contribution in [3.63, 3.8) is 0 Å². The molecule has 38 heavy (non-hydrogen) atoms. The van der Waals surface area contributed by atoms with Gasteiger partial charge in [-0.25, -0.2) is 0 Å². The van der Waals surface area contributed by atoms with Gasteiger partial charge < -0.3 is 9.84 Å². The van der Waals surface area contributed by atoms with Crippen molar-refractivity contribution in [2.75, 3.05) is 0 Å². The van der Waals surface area contributed by atoms with Crippen LogP contribution in [0.2, 0.25) is 0 Å². The highest BCUT2D eigenvalue weighted by atomic mass is 16.5. The number of carbonyl (C=O) groups excluding carboxylic acids is 1. The molecule has 216 valence electrons. The molecule has 0 bridgehead atoms. The molecule has 3 heteroatoms. The van der Waals surface area contributed by atoms with E-state index in [0.717, 1.165) is 25.2 Å². The van der Waals surface area contributed by atoms with Crippen molar-refractivity contribution in [2.24, 2.45) is 45.3 Å². The summed E-state index contributed by atoms with van der Waals surface area (Å²) in [5.74, 6) is 2.46. The first-order valence-corrected chi connectivity index (χ1v) is 16.4. The predicted molar refractivity (Wildman–Crippen MR) is 156 cm³/mol. The zero-order valence-corrected chi connectivity index (χ0v) is 25.8. The highest BCUT2D eigenvalue weighted by molar-refractivity contribution is 5.66. The molecule has 5 aliphatic rings. The molecular weight excluding hydrogens is 468 g/mol. The summed E-state index contributed by atoms with van der Waals surface area (Å²) in [6, 6.07) is 0. The van der Waals surface area contributed by atoms with E-state index in [4.69, 9.17) is 4.74 Å². The summed E-state index contributed by atoms with van der Waals surface area (Å²) in [5, 5.41) is 11.0. The lowest BCUT2D eigenvalue weighted by Crippen LogP contribution is -2.55. The Hall–Kier alpha value is -0.830. The van der Waals surface area contributed by atoms with E-state index in [2.05, 4.69) is 41.5 Å². The molecule has 3 saturated carbocycles. The van der Waals surface area contributed by atoms with E-state index in [-0.39, 0.29) is 29.0 Å². The third-order valence-corrected chi connectivity index (χ3v) is 13.9. The van der Waals surface area contributed by atoms with Crippen LogP contribution < -0.4 is 0 Å². The maximum atomic E-state index is 11.9. The lowest BCUT2D eigenvalue weighted by atomic mass is 9.43. The Kier molecular flexibility index (Phi) is 7.71. The average Bonchev–Trinajstić information content (AvgIpc) is 3.16. The zero-order chi connectivity index (χ0) is 27.5. The summed E-state index contributed by atoms with van der Waals surface area (Å²) < 4.78 is 5.89. The quantitative estimate of drug-likeness (QED) is 0.277. The fourth-order valence-corrected chi connectivity index (χ4v) is 11.4. The fraction of sp³-hybridized carbons (Fsp3) is 0.914. The van der Waals surface area contributed by atoms with Gasteiger partial charge in [0.15, 0.2) is 0 Å². The molecule has 3 nitrogen and oxygen atoms in total. The first-order chi connectivity index (χ1) is 17.8. The van der Waals surface area contributed by atoms with Crippen LogP contribution in [0.1, 0.15) is 145 Å². The van der Waals surface area contributed by atoms with Crippen LogP contribution in [0.15, 0.2) is 11.1 Å². The largest absolute Gasteiger partial charge is 0.462 e. The lowest BCUT2D eigenvalue weighted by molar-refractivity contribution is -0.167. The maximum Gasteiger partial charge on any atom is 0.302 e. The molecule has 0 heterocycles. The van der Waals surface area contributed by atoms with E-state index in [1.54, 1.807) is 6.92 Å². The minimum absolute atomic E-state index is 0.0186. The van der Waals surface area contributed by atoms with Gasteiger partial charge >= 0.3 is 5.97 Å². The molecule has 0 aromatic heterocycles. The fourth-order valence-electron chi connectivity index (χ4n) is 11.4. The SMILES string of the molecule is CC(=O)O[C@H]1CC[C@]2(C)C3=C(CC[C@H]2C1(C)C)[C@]1(C)CC[C@H]([C@H](C)CCC(O)C2CCCCC2)[C@@]1(C)CC3. The van der Waals surface area contributed by atoms with Gasteiger partial charge in [-0.15, -0.1) is 0 Å². The Morgan fingerprint density at radius 2 is 1.61 bits per heavy atom. The van der Waals surface area contributed by atoms with Gasteiger partial charge in [0.2, 0.25) is 0 Å². The summed E-state index contributed by atoms with van der Waals surface area (Å²) in [4.78, 5) is 11.9. The zero-order valence-electron chi connectivity index (χ0n) is 25.8. The van der Waals surface area contributed by atoms with Gasteiger partial charge in [0, 0.05) is 12.3 Å². The average molecular weight is 527 g/mol. The van der Waals surface area contributed by atoms with Gasteiger partial charge in [0.1, 0.15) is 6.10 Å². The first-order valence-electron chi connectivity index (χ1n) is 16.4. The summed E-state index contributed by atoms with van der Waals surface area (Å²) in [6.45, 7) is 16.7. The van der Waals surface area contributed by atoms with E-state index in [0.29, 0.717) is 28.6 Å². The molecule has 3 fully saturated rings. The number of hydrogen-bond acceptors (Lipinski definition) is 3. The smallest absolute Gasteiger partial charge is 0.302 e. The van der Waals surface area contributed by atoms with Gasteiger partial charge in [-0.2, -0.15) is 0 Å². The highest BCUT2D eigenvalue weighted by Crippen LogP contribution is 2.72. The Bertz CT molecular complexity index is 927. The number of aliphatic hydroxyl groups excluding tert-OH is 1. The molecule has 1 N–H and O–H groups in total. The summed E-state index contributed by atoms with van der Waals surface area (Å²) in [6.07, 6.45) is 18.5. The molecule has 0 aromatic carbocycles. The number of rotatable bonds is 6.